The Hall–Kier alpha value is -2.11. The van der Waals surface area contributed by atoms with Gasteiger partial charge in [-0.1, -0.05) is 40.2 Å². The Bertz CT molecular complexity index is 779. The molecule has 5 heteroatoms. The van der Waals surface area contributed by atoms with Gasteiger partial charge in [0.1, 0.15) is 12.4 Å². The molecule has 2 rings (SSSR count). The zero-order valence-electron chi connectivity index (χ0n) is 15.9. The van der Waals surface area contributed by atoms with Crippen LogP contribution >= 0.6 is 15.9 Å². The normalized spacial score (nSPS) is 13.0. The minimum absolute atomic E-state index is 0.338. The molecule has 0 saturated heterocycles. The number of halogens is 1. The fourth-order valence-electron chi connectivity index (χ4n) is 2.60. The maximum Gasteiger partial charge on any atom is 0.333 e. The topological polar surface area (TPSA) is 55.8 Å². The molecule has 27 heavy (non-hydrogen) atoms. The van der Waals surface area contributed by atoms with Crippen LogP contribution in [-0.4, -0.2) is 30.4 Å². The lowest BCUT2D eigenvalue weighted by atomic mass is 10.0. The Morgan fingerprint density at radius 1 is 1.07 bits per heavy atom. The predicted molar refractivity (Wildman–Crippen MR) is 111 cm³/mol. The van der Waals surface area contributed by atoms with E-state index in [0.717, 1.165) is 21.4 Å². The van der Waals surface area contributed by atoms with Gasteiger partial charge in [-0.05, 0) is 67.3 Å². The van der Waals surface area contributed by atoms with E-state index in [4.69, 9.17) is 14.6 Å². The molecule has 1 atom stereocenters. The van der Waals surface area contributed by atoms with Crippen molar-refractivity contribution in [2.24, 2.45) is 0 Å². The molecule has 0 radical (unpaired) electrons. The van der Waals surface area contributed by atoms with Crippen LogP contribution in [0, 0.1) is 0 Å². The zero-order chi connectivity index (χ0) is 19.8. The van der Waals surface area contributed by atoms with E-state index < -0.39 is 12.1 Å². The van der Waals surface area contributed by atoms with Gasteiger partial charge in [0.05, 0.1) is 0 Å². The largest absolute Gasteiger partial charge is 0.489 e. The Morgan fingerprint density at radius 2 is 1.70 bits per heavy atom. The molecule has 2 aromatic rings. The molecule has 1 N–H and O–H groups in total. The zero-order valence-corrected chi connectivity index (χ0v) is 17.5. The monoisotopic (exact) mass is 432 g/mol. The summed E-state index contributed by atoms with van der Waals surface area (Å²) >= 11 is 3.45. The highest BCUT2D eigenvalue weighted by Gasteiger charge is 2.17. The van der Waals surface area contributed by atoms with E-state index in [0.29, 0.717) is 19.6 Å². The number of ether oxygens (including phenoxy) is 2. The van der Waals surface area contributed by atoms with E-state index in [1.807, 2.05) is 36.4 Å². The van der Waals surface area contributed by atoms with Crippen LogP contribution < -0.4 is 4.74 Å². The first kappa shape index (κ1) is 21.2. The number of hydrogen-bond acceptors (Lipinski definition) is 3. The summed E-state index contributed by atoms with van der Waals surface area (Å²) in [5.41, 5.74) is 4.43. The van der Waals surface area contributed by atoms with Crippen molar-refractivity contribution in [1.82, 2.24) is 0 Å². The van der Waals surface area contributed by atoms with Crippen molar-refractivity contribution in [2.75, 3.05) is 13.2 Å². The van der Waals surface area contributed by atoms with Crippen LogP contribution in [0.3, 0.4) is 0 Å². The molecule has 0 amide bonds. The van der Waals surface area contributed by atoms with Crippen LogP contribution in [0.2, 0.25) is 0 Å². The molecule has 0 heterocycles. The van der Waals surface area contributed by atoms with Crippen LogP contribution in [0.4, 0.5) is 0 Å². The Balaban J connectivity index is 1.97. The highest BCUT2D eigenvalue weighted by atomic mass is 79.9. The number of carbonyl (C=O) groups is 1. The Morgan fingerprint density at radius 3 is 2.26 bits per heavy atom. The quantitative estimate of drug-likeness (QED) is 0.579. The summed E-state index contributed by atoms with van der Waals surface area (Å²) in [5, 5.41) is 9.17. The first-order valence-electron chi connectivity index (χ1n) is 8.89. The van der Waals surface area contributed by atoms with Crippen LogP contribution in [0.1, 0.15) is 31.9 Å². The first-order valence-corrected chi connectivity index (χ1v) is 9.68. The van der Waals surface area contributed by atoms with Crippen molar-refractivity contribution in [1.29, 1.82) is 0 Å². The summed E-state index contributed by atoms with van der Waals surface area (Å²) in [4.78, 5) is 11.2. The molecule has 0 unspecified atom stereocenters. The molecule has 0 aliphatic carbocycles. The van der Waals surface area contributed by atoms with Gasteiger partial charge < -0.3 is 14.6 Å². The predicted octanol–water partition coefficient (Wildman–Crippen LogP) is 5.35. The van der Waals surface area contributed by atoms with E-state index in [1.165, 1.54) is 11.1 Å². The van der Waals surface area contributed by atoms with E-state index in [9.17, 15) is 4.79 Å². The fourth-order valence-corrected chi connectivity index (χ4v) is 2.87. The summed E-state index contributed by atoms with van der Waals surface area (Å²) < 4.78 is 12.2. The highest BCUT2D eigenvalue weighted by molar-refractivity contribution is 9.10. The van der Waals surface area contributed by atoms with E-state index in [2.05, 4.69) is 41.9 Å². The summed E-state index contributed by atoms with van der Waals surface area (Å²) in [6.45, 7) is 6.81. The van der Waals surface area contributed by atoms with Gasteiger partial charge in [-0.25, -0.2) is 4.79 Å². The number of allylic oxidation sites excluding steroid dienone is 1. The minimum Gasteiger partial charge on any atom is -0.489 e. The molecule has 0 spiro atoms. The van der Waals surface area contributed by atoms with Gasteiger partial charge in [0.25, 0.3) is 0 Å². The fraction of sp³-hybridized carbons (Fsp3) is 0.318. The van der Waals surface area contributed by atoms with E-state index >= 15 is 0 Å². The lowest BCUT2D eigenvalue weighted by molar-refractivity contribution is -0.149. The van der Waals surface area contributed by atoms with Gasteiger partial charge in [-0.15, -0.1) is 0 Å². The maximum absolute atomic E-state index is 11.2. The average molecular weight is 433 g/mol. The molecule has 4 nitrogen and oxygen atoms in total. The number of benzene rings is 2. The van der Waals surface area contributed by atoms with E-state index in [1.54, 1.807) is 6.92 Å². The van der Waals surface area contributed by atoms with Gasteiger partial charge >= 0.3 is 5.97 Å². The Kier molecular flexibility index (Phi) is 8.07. The molecule has 0 aliphatic rings. The molecular formula is C22H25BrO4. The van der Waals surface area contributed by atoms with Crippen LogP contribution in [0.5, 0.6) is 5.75 Å². The van der Waals surface area contributed by atoms with Crippen LogP contribution in [0.15, 0.2) is 58.6 Å². The SMILES string of the molecule is CCO[C@@H](Cc1ccc(OCC(C)=C(C)c2ccc(Br)cc2)cc1)C(=O)O. The van der Waals surface area contributed by atoms with Gasteiger partial charge in [0.15, 0.2) is 6.10 Å². The lowest BCUT2D eigenvalue weighted by Crippen LogP contribution is -2.26. The maximum atomic E-state index is 11.2. The van der Waals surface area contributed by atoms with Gasteiger partial charge in [0, 0.05) is 17.5 Å². The summed E-state index contributed by atoms with van der Waals surface area (Å²) in [6, 6.07) is 15.7. The first-order chi connectivity index (χ1) is 12.9. The molecule has 0 aromatic heterocycles. The standard InChI is InChI=1S/C22H25BrO4/c1-4-26-21(22(24)25)13-17-5-11-20(12-6-17)27-14-15(2)16(3)18-7-9-19(23)10-8-18/h5-12,21H,4,13-14H2,1-3H3,(H,24,25)/t21-/m0/s1. The molecule has 144 valence electrons. The number of carboxylic acids is 1. The molecule has 2 aromatic carbocycles. The van der Waals surface area contributed by atoms with Crippen LogP contribution in [0.25, 0.3) is 5.57 Å². The second-order valence-electron chi connectivity index (χ2n) is 6.33. The smallest absolute Gasteiger partial charge is 0.333 e. The Labute approximate surface area is 168 Å². The number of hydrogen-bond donors (Lipinski definition) is 1. The second kappa shape index (κ2) is 10.3. The number of aliphatic carboxylic acids is 1. The molecule has 0 aliphatic heterocycles. The van der Waals surface area contributed by atoms with Gasteiger partial charge in [0.2, 0.25) is 0 Å². The summed E-state index contributed by atoms with van der Waals surface area (Å²) in [5.74, 6) is -0.189. The average Bonchev–Trinajstić information content (AvgIpc) is 2.66. The lowest BCUT2D eigenvalue weighted by Gasteiger charge is -2.13. The van der Waals surface area contributed by atoms with Crippen molar-refractivity contribution >= 4 is 27.5 Å². The van der Waals surface area contributed by atoms with Crippen molar-refractivity contribution in [3.63, 3.8) is 0 Å². The number of carboxylic acid groups (broad SMARTS) is 1. The van der Waals surface area contributed by atoms with Gasteiger partial charge in [-0.3, -0.25) is 0 Å². The molecule has 0 bridgehead atoms. The van der Waals surface area contributed by atoms with Crippen molar-refractivity contribution in [2.45, 2.75) is 33.3 Å². The third-order valence-corrected chi connectivity index (χ3v) is 4.89. The second-order valence-corrected chi connectivity index (χ2v) is 7.25. The van der Waals surface area contributed by atoms with Gasteiger partial charge in [-0.2, -0.15) is 0 Å². The molecule has 0 fully saturated rings. The summed E-state index contributed by atoms with van der Waals surface area (Å²) in [7, 11) is 0. The third-order valence-electron chi connectivity index (χ3n) is 4.36. The highest BCUT2D eigenvalue weighted by Crippen LogP contribution is 2.22. The van der Waals surface area contributed by atoms with Crippen LogP contribution in [-0.2, 0) is 16.0 Å². The van der Waals surface area contributed by atoms with Crippen molar-refractivity contribution in [3.8, 4) is 5.75 Å². The molecule has 0 saturated carbocycles. The summed E-state index contributed by atoms with van der Waals surface area (Å²) in [6.07, 6.45) is -0.481. The minimum atomic E-state index is -0.943. The third kappa shape index (κ3) is 6.52. The van der Waals surface area contributed by atoms with Crippen molar-refractivity contribution in [3.05, 3.63) is 69.7 Å². The number of rotatable bonds is 9. The molecular weight excluding hydrogens is 408 g/mol. The van der Waals surface area contributed by atoms with E-state index in [-0.39, 0.29) is 0 Å². The van der Waals surface area contributed by atoms with Crippen molar-refractivity contribution < 1.29 is 19.4 Å².